The third-order valence-corrected chi connectivity index (χ3v) is 2.94. The standard InChI is InChI=1S/C16H17NO2/c1-12-6-8-13(9-7-12)10-11-16(19)17-14-4-2-3-5-15(14)18/h2-9,18H,10-11H2,1H3,(H,17,19). The van der Waals surface area contributed by atoms with Gasteiger partial charge in [0.25, 0.3) is 0 Å². The quantitative estimate of drug-likeness (QED) is 0.824. The molecule has 0 aliphatic heterocycles. The van der Waals surface area contributed by atoms with Crippen LogP contribution in [0.4, 0.5) is 5.69 Å². The Morgan fingerprint density at radius 3 is 2.47 bits per heavy atom. The van der Waals surface area contributed by atoms with Gasteiger partial charge < -0.3 is 10.4 Å². The van der Waals surface area contributed by atoms with Crippen molar-refractivity contribution in [1.82, 2.24) is 0 Å². The summed E-state index contributed by atoms with van der Waals surface area (Å²) in [5, 5.41) is 12.3. The van der Waals surface area contributed by atoms with Crippen LogP contribution in [0.15, 0.2) is 48.5 Å². The molecule has 0 unspecified atom stereocenters. The molecule has 1 amide bonds. The van der Waals surface area contributed by atoms with Gasteiger partial charge in [-0.25, -0.2) is 0 Å². The highest BCUT2D eigenvalue weighted by Crippen LogP contribution is 2.21. The number of rotatable bonds is 4. The van der Waals surface area contributed by atoms with E-state index in [0.717, 1.165) is 5.56 Å². The summed E-state index contributed by atoms with van der Waals surface area (Å²) in [6.07, 6.45) is 1.09. The number of benzene rings is 2. The third-order valence-electron chi connectivity index (χ3n) is 2.94. The lowest BCUT2D eigenvalue weighted by Gasteiger charge is -2.07. The van der Waals surface area contributed by atoms with Gasteiger partial charge in [0.1, 0.15) is 5.75 Å². The van der Waals surface area contributed by atoms with Crippen molar-refractivity contribution in [3.05, 3.63) is 59.7 Å². The van der Waals surface area contributed by atoms with Crippen LogP contribution in [0.25, 0.3) is 0 Å². The lowest BCUT2D eigenvalue weighted by Crippen LogP contribution is -2.12. The van der Waals surface area contributed by atoms with Crippen molar-refractivity contribution in [1.29, 1.82) is 0 Å². The molecule has 98 valence electrons. The number of nitrogens with one attached hydrogen (secondary N) is 1. The summed E-state index contributed by atoms with van der Waals surface area (Å²) in [7, 11) is 0. The molecule has 3 heteroatoms. The van der Waals surface area contributed by atoms with Crippen LogP contribution in [0.3, 0.4) is 0 Å². The number of para-hydroxylation sites is 2. The van der Waals surface area contributed by atoms with E-state index in [1.54, 1.807) is 24.3 Å². The molecule has 0 aliphatic rings. The van der Waals surface area contributed by atoms with Gasteiger partial charge in [0.2, 0.25) is 5.91 Å². The van der Waals surface area contributed by atoms with Crippen molar-refractivity contribution in [3.8, 4) is 5.75 Å². The van der Waals surface area contributed by atoms with E-state index in [-0.39, 0.29) is 11.7 Å². The lowest BCUT2D eigenvalue weighted by molar-refractivity contribution is -0.116. The Morgan fingerprint density at radius 1 is 1.11 bits per heavy atom. The van der Waals surface area contributed by atoms with Gasteiger partial charge in [-0.15, -0.1) is 0 Å². The number of amides is 1. The summed E-state index contributed by atoms with van der Waals surface area (Å²) in [6, 6.07) is 14.9. The largest absolute Gasteiger partial charge is 0.506 e. The Balaban J connectivity index is 1.88. The van der Waals surface area contributed by atoms with Crippen molar-refractivity contribution in [2.75, 3.05) is 5.32 Å². The van der Waals surface area contributed by atoms with Crippen molar-refractivity contribution >= 4 is 11.6 Å². The summed E-state index contributed by atoms with van der Waals surface area (Å²) >= 11 is 0. The first-order valence-corrected chi connectivity index (χ1v) is 6.28. The minimum Gasteiger partial charge on any atom is -0.506 e. The normalized spacial score (nSPS) is 10.2. The van der Waals surface area contributed by atoms with Crippen LogP contribution in [-0.4, -0.2) is 11.0 Å². The molecule has 2 rings (SSSR count). The summed E-state index contributed by atoms with van der Waals surface area (Å²) in [5.74, 6) is -0.00624. The van der Waals surface area contributed by atoms with Crippen molar-refractivity contribution in [3.63, 3.8) is 0 Å². The number of carbonyl (C=O) groups is 1. The second-order valence-electron chi connectivity index (χ2n) is 4.55. The number of phenolic OH excluding ortho intramolecular Hbond substituents is 1. The van der Waals surface area contributed by atoms with Crippen molar-refractivity contribution in [2.24, 2.45) is 0 Å². The summed E-state index contributed by atoms with van der Waals surface area (Å²) in [4.78, 5) is 11.8. The van der Waals surface area contributed by atoms with E-state index < -0.39 is 0 Å². The molecule has 0 aromatic heterocycles. The van der Waals surface area contributed by atoms with Gasteiger partial charge >= 0.3 is 0 Å². The number of anilines is 1. The topological polar surface area (TPSA) is 49.3 Å². The molecular weight excluding hydrogens is 238 g/mol. The predicted octanol–water partition coefficient (Wildman–Crippen LogP) is 3.27. The highest BCUT2D eigenvalue weighted by atomic mass is 16.3. The minimum absolute atomic E-state index is 0.0891. The summed E-state index contributed by atoms with van der Waals surface area (Å²) < 4.78 is 0. The van der Waals surface area contributed by atoms with E-state index in [1.807, 2.05) is 31.2 Å². The Kier molecular flexibility index (Phi) is 4.18. The van der Waals surface area contributed by atoms with Crippen LogP contribution < -0.4 is 5.32 Å². The van der Waals surface area contributed by atoms with Gasteiger partial charge in [0.15, 0.2) is 0 Å². The van der Waals surface area contributed by atoms with Crippen molar-refractivity contribution < 1.29 is 9.90 Å². The molecule has 0 saturated carbocycles. The first-order chi connectivity index (χ1) is 9.15. The molecule has 0 spiro atoms. The molecule has 2 aromatic carbocycles. The van der Waals surface area contributed by atoms with Gasteiger partial charge in [0.05, 0.1) is 5.69 Å². The van der Waals surface area contributed by atoms with E-state index in [4.69, 9.17) is 0 Å². The molecule has 2 aromatic rings. The molecular formula is C16H17NO2. The van der Waals surface area contributed by atoms with Gasteiger partial charge in [-0.1, -0.05) is 42.0 Å². The fourth-order valence-electron chi connectivity index (χ4n) is 1.80. The summed E-state index contributed by atoms with van der Waals surface area (Å²) in [6.45, 7) is 2.04. The summed E-state index contributed by atoms with van der Waals surface area (Å²) in [5.41, 5.74) is 2.80. The van der Waals surface area contributed by atoms with E-state index in [1.165, 1.54) is 5.56 Å². The number of aromatic hydroxyl groups is 1. The van der Waals surface area contributed by atoms with Gasteiger partial charge in [-0.2, -0.15) is 0 Å². The first kappa shape index (κ1) is 13.1. The molecule has 0 bridgehead atoms. The third kappa shape index (κ3) is 3.85. The average molecular weight is 255 g/mol. The van der Waals surface area contributed by atoms with E-state index in [9.17, 15) is 9.90 Å². The number of aryl methyl sites for hydroxylation is 2. The second-order valence-corrected chi connectivity index (χ2v) is 4.55. The SMILES string of the molecule is Cc1ccc(CCC(=O)Nc2ccccc2O)cc1. The monoisotopic (exact) mass is 255 g/mol. The minimum atomic E-state index is -0.0953. The molecule has 0 radical (unpaired) electrons. The zero-order chi connectivity index (χ0) is 13.7. The second kappa shape index (κ2) is 6.05. The zero-order valence-corrected chi connectivity index (χ0v) is 10.9. The van der Waals surface area contributed by atoms with Crippen LogP contribution in [0.2, 0.25) is 0 Å². The molecule has 19 heavy (non-hydrogen) atoms. The molecule has 0 atom stereocenters. The maximum atomic E-state index is 11.8. The van der Waals surface area contributed by atoms with Gasteiger partial charge in [0, 0.05) is 6.42 Å². The molecule has 0 fully saturated rings. The van der Waals surface area contributed by atoms with E-state index in [0.29, 0.717) is 18.5 Å². The number of hydrogen-bond acceptors (Lipinski definition) is 2. The molecule has 0 saturated heterocycles. The molecule has 2 N–H and O–H groups in total. The molecule has 0 heterocycles. The van der Waals surface area contributed by atoms with Crippen molar-refractivity contribution in [2.45, 2.75) is 19.8 Å². The molecule has 3 nitrogen and oxygen atoms in total. The Morgan fingerprint density at radius 2 is 1.79 bits per heavy atom. The van der Waals surface area contributed by atoms with Crippen LogP contribution in [0.5, 0.6) is 5.75 Å². The number of hydrogen-bond donors (Lipinski definition) is 2. The van der Waals surface area contributed by atoms with Gasteiger partial charge in [-0.05, 0) is 31.0 Å². The fraction of sp³-hybridized carbons (Fsp3) is 0.188. The smallest absolute Gasteiger partial charge is 0.224 e. The van der Waals surface area contributed by atoms with Crippen LogP contribution in [0.1, 0.15) is 17.5 Å². The maximum absolute atomic E-state index is 11.8. The van der Waals surface area contributed by atoms with Crippen LogP contribution >= 0.6 is 0 Å². The Hall–Kier alpha value is -2.29. The molecule has 0 aliphatic carbocycles. The first-order valence-electron chi connectivity index (χ1n) is 6.28. The lowest BCUT2D eigenvalue weighted by atomic mass is 10.1. The Labute approximate surface area is 112 Å². The van der Waals surface area contributed by atoms with Gasteiger partial charge in [-0.3, -0.25) is 4.79 Å². The Bertz CT molecular complexity index is 561. The average Bonchev–Trinajstić information content (AvgIpc) is 2.41. The number of phenols is 1. The van der Waals surface area contributed by atoms with Crippen LogP contribution in [-0.2, 0) is 11.2 Å². The fourth-order valence-corrected chi connectivity index (χ4v) is 1.80. The number of carbonyl (C=O) groups excluding carboxylic acids is 1. The van der Waals surface area contributed by atoms with E-state index in [2.05, 4.69) is 5.32 Å². The maximum Gasteiger partial charge on any atom is 0.224 e. The van der Waals surface area contributed by atoms with Crippen LogP contribution in [0, 0.1) is 6.92 Å². The predicted molar refractivity (Wildman–Crippen MR) is 76.2 cm³/mol. The highest BCUT2D eigenvalue weighted by molar-refractivity contribution is 5.92. The van der Waals surface area contributed by atoms with E-state index >= 15 is 0 Å². The zero-order valence-electron chi connectivity index (χ0n) is 10.9. The highest BCUT2D eigenvalue weighted by Gasteiger charge is 2.05.